The van der Waals surface area contributed by atoms with Crippen LogP contribution in [0.15, 0.2) is 18.5 Å². The first-order chi connectivity index (χ1) is 8.43. The zero-order chi connectivity index (χ0) is 13.3. The van der Waals surface area contributed by atoms with E-state index < -0.39 is 5.60 Å². The molecule has 2 rings (SSSR count). The Kier molecular flexibility index (Phi) is 3.71. The molecule has 3 heteroatoms. The molecule has 0 aromatic carbocycles. The molecule has 1 aromatic rings. The Bertz CT molecular complexity index is 421. The van der Waals surface area contributed by atoms with Gasteiger partial charge in [0.15, 0.2) is 0 Å². The van der Waals surface area contributed by atoms with Gasteiger partial charge in [0.05, 0.1) is 11.8 Å². The van der Waals surface area contributed by atoms with Crippen LogP contribution in [0.2, 0.25) is 0 Å². The van der Waals surface area contributed by atoms with Crippen LogP contribution in [0.5, 0.6) is 0 Å². The summed E-state index contributed by atoms with van der Waals surface area (Å²) in [7, 11) is 0. The maximum absolute atomic E-state index is 13.3. The van der Waals surface area contributed by atoms with E-state index in [0.717, 1.165) is 12.8 Å². The van der Waals surface area contributed by atoms with Crippen LogP contribution in [0.4, 0.5) is 4.39 Å². The van der Waals surface area contributed by atoms with E-state index in [-0.39, 0.29) is 11.7 Å². The molecule has 2 nitrogen and oxygen atoms in total. The molecule has 0 bridgehead atoms. The summed E-state index contributed by atoms with van der Waals surface area (Å²) < 4.78 is 13.3. The number of aromatic nitrogens is 1. The molecule has 0 amide bonds. The van der Waals surface area contributed by atoms with Gasteiger partial charge in [0.2, 0.25) is 0 Å². The van der Waals surface area contributed by atoms with E-state index in [2.05, 4.69) is 25.8 Å². The van der Waals surface area contributed by atoms with Crippen molar-refractivity contribution in [3.8, 4) is 0 Å². The second-order valence-corrected chi connectivity index (χ2v) is 6.05. The van der Waals surface area contributed by atoms with Crippen molar-refractivity contribution in [2.75, 3.05) is 0 Å². The monoisotopic (exact) mass is 251 g/mol. The number of pyridine rings is 1. The Morgan fingerprint density at radius 3 is 2.72 bits per heavy atom. The van der Waals surface area contributed by atoms with Gasteiger partial charge in [0, 0.05) is 11.8 Å². The maximum atomic E-state index is 13.3. The molecule has 1 fully saturated rings. The first-order valence-corrected chi connectivity index (χ1v) is 6.77. The average molecular weight is 251 g/mol. The van der Waals surface area contributed by atoms with Gasteiger partial charge in [0.1, 0.15) is 5.82 Å². The molecule has 3 unspecified atom stereocenters. The van der Waals surface area contributed by atoms with Gasteiger partial charge in [-0.25, -0.2) is 4.39 Å². The predicted octanol–water partition coefficient (Wildman–Crippen LogP) is 3.50. The molecule has 0 spiro atoms. The third-order valence-corrected chi connectivity index (χ3v) is 4.25. The average Bonchev–Trinajstić information content (AvgIpc) is 2.28. The highest BCUT2D eigenvalue weighted by Gasteiger charge is 2.44. The van der Waals surface area contributed by atoms with Gasteiger partial charge in [0.25, 0.3) is 0 Å². The topological polar surface area (TPSA) is 33.1 Å². The highest BCUT2D eigenvalue weighted by molar-refractivity contribution is 5.21. The molecule has 1 aromatic heterocycles. The Hall–Kier alpha value is -0.960. The number of hydrogen-bond acceptors (Lipinski definition) is 2. The third-order valence-electron chi connectivity index (χ3n) is 4.25. The Balaban J connectivity index is 2.40. The van der Waals surface area contributed by atoms with Gasteiger partial charge in [-0.2, -0.15) is 0 Å². The van der Waals surface area contributed by atoms with Gasteiger partial charge in [-0.05, 0) is 36.7 Å². The van der Waals surface area contributed by atoms with Crippen molar-refractivity contribution < 1.29 is 9.50 Å². The lowest BCUT2D eigenvalue weighted by Gasteiger charge is -2.44. The highest BCUT2D eigenvalue weighted by atomic mass is 19.1. The number of halogens is 1. The van der Waals surface area contributed by atoms with E-state index in [1.54, 1.807) is 6.20 Å². The second-order valence-electron chi connectivity index (χ2n) is 6.05. The molecule has 0 saturated heterocycles. The van der Waals surface area contributed by atoms with Crippen LogP contribution >= 0.6 is 0 Å². The summed E-state index contributed by atoms with van der Waals surface area (Å²) in [5, 5.41) is 11.1. The quantitative estimate of drug-likeness (QED) is 0.872. The molecule has 1 N–H and O–H groups in total. The zero-order valence-corrected chi connectivity index (χ0v) is 11.4. The smallest absolute Gasteiger partial charge is 0.141 e. The zero-order valence-electron chi connectivity index (χ0n) is 11.4. The lowest BCUT2D eigenvalue weighted by atomic mass is 9.64. The van der Waals surface area contributed by atoms with Crippen molar-refractivity contribution in [2.24, 2.45) is 17.8 Å². The SMILES string of the molecule is CC1CCC(C(C)C)C(O)(c2cncc(F)c2)C1. The van der Waals surface area contributed by atoms with Crippen molar-refractivity contribution in [3.63, 3.8) is 0 Å². The molecule has 0 aliphatic heterocycles. The molecule has 18 heavy (non-hydrogen) atoms. The predicted molar refractivity (Wildman–Crippen MR) is 69.4 cm³/mol. The first-order valence-electron chi connectivity index (χ1n) is 6.77. The van der Waals surface area contributed by atoms with Crippen LogP contribution < -0.4 is 0 Å². The normalized spacial score (nSPS) is 32.8. The molecular weight excluding hydrogens is 229 g/mol. The van der Waals surface area contributed by atoms with Gasteiger partial charge in [-0.1, -0.05) is 27.2 Å². The number of aliphatic hydroxyl groups is 1. The van der Waals surface area contributed by atoms with Crippen molar-refractivity contribution in [1.29, 1.82) is 0 Å². The Labute approximate surface area is 108 Å². The fraction of sp³-hybridized carbons (Fsp3) is 0.667. The highest BCUT2D eigenvalue weighted by Crippen LogP contribution is 2.47. The summed E-state index contributed by atoms with van der Waals surface area (Å²) >= 11 is 0. The van der Waals surface area contributed by atoms with E-state index in [0.29, 0.717) is 23.8 Å². The molecule has 3 atom stereocenters. The van der Waals surface area contributed by atoms with Gasteiger partial charge in [-0.15, -0.1) is 0 Å². The van der Waals surface area contributed by atoms with Crippen LogP contribution in [-0.4, -0.2) is 10.1 Å². The fourth-order valence-corrected chi connectivity index (χ4v) is 3.35. The Morgan fingerprint density at radius 1 is 1.39 bits per heavy atom. The van der Waals surface area contributed by atoms with Crippen LogP contribution in [0.1, 0.15) is 45.6 Å². The minimum absolute atomic E-state index is 0.178. The molecule has 100 valence electrons. The summed E-state index contributed by atoms with van der Waals surface area (Å²) in [5.41, 5.74) is -0.297. The summed E-state index contributed by atoms with van der Waals surface area (Å²) in [6.45, 7) is 6.39. The maximum Gasteiger partial charge on any atom is 0.141 e. The van der Waals surface area contributed by atoms with Crippen LogP contribution in [0.3, 0.4) is 0 Å². The minimum Gasteiger partial charge on any atom is -0.385 e. The van der Waals surface area contributed by atoms with Gasteiger partial charge >= 0.3 is 0 Å². The summed E-state index contributed by atoms with van der Waals surface area (Å²) in [4.78, 5) is 3.89. The van der Waals surface area contributed by atoms with Crippen LogP contribution in [-0.2, 0) is 5.60 Å². The van der Waals surface area contributed by atoms with Gasteiger partial charge in [-0.3, -0.25) is 4.98 Å². The Morgan fingerprint density at radius 2 is 2.11 bits per heavy atom. The number of hydrogen-bond donors (Lipinski definition) is 1. The van der Waals surface area contributed by atoms with Gasteiger partial charge < -0.3 is 5.11 Å². The van der Waals surface area contributed by atoms with Crippen LogP contribution in [0, 0.1) is 23.6 Å². The molecular formula is C15H22FNO. The number of rotatable bonds is 2. The van der Waals surface area contributed by atoms with Crippen molar-refractivity contribution in [3.05, 3.63) is 29.8 Å². The van der Waals surface area contributed by atoms with Crippen molar-refractivity contribution in [1.82, 2.24) is 4.98 Å². The van der Waals surface area contributed by atoms with E-state index in [9.17, 15) is 9.50 Å². The third kappa shape index (κ3) is 2.41. The van der Waals surface area contributed by atoms with Crippen molar-refractivity contribution >= 4 is 0 Å². The summed E-state index contributed by atoms with van der Waals surface area (Å²) in [6.07, 6.45) is 5.61. The van der Waals surface area contributed by atoms with E-state index in [4.69, 9.17) is 0 Å². The largest absolute Gasteiger partial charge is 0.385 e. The van der Waals surface area contributed by atoms with E-state index >= 15 is 0 Å². The molecule has 0 radical (unpaired) electrons. The summed E-state index contributed by atoms with van der Waals surface area (Å²) in [5.74, 6) is 0.651. The first kappa shape index (κ1) is 13.5. The standard InChI is InChI=1S/C15H22FNO/c1-10(2)14-5-4-11(3)7-15(14,18)12-6-13(16)9-17-8-12/h6,8-11,14,18H,4-5,7H2,1-3H3. The molecule has 1 heterocycles. The minimum atomic E-state index is -0.930. The lowest BCUT2D eigenvalue weighted by molar-refractivity contribution is -0.0869. The van der Waals surface area contributed by atoms with E-state index in [1.807, 2.05) is 0 Å². The lowest BCUT2D eigenvalue weighted by Crippen LogP contribution is -2.43. The molecule has 1 aliphatic rings. The van der Waals surface area contributed by atoms with Crippen molar-refractivity contribution in [2.45, 2.75) is 45.6 Å². The summed E-state index contributed by atoms with van der Waals surface area (Å²) in [6, 6.07) is 1.43. The molecule has 1 aliphatic carbocycles. The van der Waals surface area contributed by atoms with E-state index in [1.165, 1.54) is 12.3 Å². The second kappa shape index (κ2) is 4.96. The fourth-order valence-electron chi connectivity index (χ4n) is 3.35. The number of nitrogens with zero attached hydrogens (tertiary/aromatic N) is 1. The van der Waals surface area contributed by atoms with Crippen LogP contribution in [0.25, 0.3) is 0 Å². The molecule has 1 saturated carbocycles.